The van der Waals surface area contributed by atoms with Gasteiger partial charge in [-0.1, -0.05) is 15.9 Å². The van der Waals surface area contributed by atoms with Gasteiger partial charge in [-0.3, -0.25) is 23.5 Å². The Kier molecular flexibility index (Phi) is 8.67. The number of carbonyl (C=O) groups excluding carboxylic acids is 2. The maximum Gasteiger partial charge on any atom is 0.435 e. The molecule has 1 aliphatic rings. The highest BCUT2D eigenvalue weighted by molar-refractivity contribution is 9.10. The molecule has 0 saturated carbocycles. The fourth-order valence-electron chi connectivity index (χ4n) is 5.91. The second-order valence-electron chi connectivity index (χ2n) is 12.5. The van der Waals surface area contributed by atoms with Gasteiger partial charge in [0.15, 0.2) is 5.69 Å². The molecule has 5 heterocycles. The van der Waals surface area contributed by atoms with Gasteiger partial charge in [-0.25, -0.2) is 19.3 Å². The van der Waals surface area contributed by atoms with E-state index in [1.807, 2.05) is 0 Å². The largest absolute Gasteiger partial charge is 0.435 e. The van der Waals surface area contributed by atoms with Crippen molar-refractivity contribution in [3.63, 3.8) is 0 Å². The van der Waals surface area contributed by atoms with Gasteiger partial charge in [0.2, 0.25) is 11.6 Å². The molecule has 0 saturated heterocycles. The number of aromatic nitrogens is 7. The van der Waals surface area contributed by atoms with Gasteiger partial charge in [0, 0.05) is 66.7 Å². The number of carbonyl (C=O) groups is 2. The number of imidazole rings is 1. The molecule has 0 radical (unpaired) electrons. The maximum absolute atomic E-state index is 15.1. The molecular weight excluding hydrogens is 714 g/mol. The fourth-order valence-corrected chi connectivity index (χ4v) is 6.44. The number of rotatable bonds is 8. The fraction of sp³-hybridized carbons (Fsp3) is 0.344. The SMILES string of the molecule is Cc1ncc(-c2cc(C(F)(F)F)nn2CC(C)(C)NC(=O)[C@@H](Cc2cnc3c(=O)n(C)ccn23)N2CCc3c(Br)ccc(F)c3C2=O)cn1. The van der Waals surface area contributed by atoms with E-state index in [4.69, 9.17) is 0 Å². The highest BCUT2D eigenvalue weighted by Gasteiger charge is 2.40. The zero-order valence-electron chi connectivity index (χ0n) is 26.7. The van der Waals surface area contributed by atoms with Gasteiger partial charge in [0.05, 0.1) is 23.3 Å². The summed E-state index contributed by atoms with van der Waals surface area (Å²) in [5.74, 6) is -1.67. The van der Waals surface area contributed by atoms with E-state index in [0.29, 0.717) is 21.6 Å². The molecule has 1 aliphatic heterocycles. The molecule has 1 atom stereocenters. The van der Waals surface area contributed by atoms with Crippen molar-refractivity contribution < 1.29 is 27.2 Å². The summed E-state index contributed by atoms with van der Waals surface area (Å²) in [6.45, 7) is 4.71. The van der Waals surface area contributed by atoms with Crippen LogP contribution in [-0.2, 0) is 37.4 Å². The standard InChI is InChI=1S/C32H30BrF4N9O3/c1-17-38-13-18(14-39-17)23-12-25(32(35,36)37)42-46(23)16-31(2,3)41-28(47)24(11-19-15-40-27-30(49)43(4)9-10-44(19)27)45-8-7-20-21(33)5-6-22(34)26(20)29(45)48/h5-6,9-10,12-15,24H,7-8,11,16H2,1-4H3,(H,41,47)/t24-/m1/s1. The number of hydrogen-bond donors (Lipinski definition) is 1. The summed E-state index contributed by atoms with van der Waals surface area (Å²) < 4.78 is 61.0. The number of halogens is 5. The zero-order chi connectivity index (χ0) is 35.4. The minimum atomic E-state index is -4.74. The van der Waals surface area contributed by atoms with E-state index in [1.165, 1.54) is 50.8 Å². The molecule has 4 aromatic heterocycles. The molecule has 1 N–H and O–H groups in total. The van der Waals surface area contributed by atoms with Crippen LogP contribution in [0.3, 0.4) is 0 Å². The summed E-state index contributed by atoms with van der Waals surface area (Å²) in [6.07, 6.45) is 2.73. The first-order valence-electron chi connectivity index (χ1n) is 15.1. The van der Waals surface area contributed by atoms with Crippen LogP contribution in [0.15, 0.2) is 58.5 Å². The molecule has 0 fully saturated rings. The Labute approximate surface area is 284 Å². The van der Waals surface area contributed by atoms with Crippen molar-refractivity contribution in [2.45, 2.75) is 57.9 Å². The first-order valence-corrected chi connectivity index (χ1v) is 15.9. The van der Waals surface area contributed by atoms with Crippen LogP contribution in [0.2, 0.25) is 0 Å². The average Bonchev–Trinajstić information content (AvgIpc) is 3.64. The van der Waals surface area contributed by atoms with Crippen LogP contribution < -0.4 is 10.9 Å². The summed E-state index contributed by atoms with van der Waals surface area (Å²) in [5, 5.41) is 6.69. The predicted octanol–water partition coefficient (Wildman–Crippen LogP) is 4.12. The Hall–Kier alpha value is -4.93. The summed E-state index contributed by atoms with van der Waals surface area (Å²) in [6, 6.07) is 2.34. The molecule has 0 aliphatic carbocycles. The van der Waals surface area contributed by atoms with Gasteiger partial charge in [-0.2, -0.15) is 18.3 Å². The lowest BCUT2D eigenvalue weighted by Crippen LogP contribution is -2.58. The van der Waals surface area contributed by atoms with Gasteiger partial charge < -0.3 is 14.8 Å². The van der Waals surface area contributed by atoms with Gasteiger partial charge in [0.1, 0.15) is 17.7 Å². The number of amides is 2. The number of hydrogen-bond acceptors (Lipinski definition) is 7. The summed E-state index contributed by atoms with van der Waals surface area (Å²) in [5.41, 5.74) is -1.51. The van der Waals surface area contributed by atoms with Crippen LogP contribution in [0.5, 0.6) is 0 Å². The van der Waals surface area contributed by atoms with E-state index in [0.717, 1.165) is 10.7 Å². The maximum atomic E-state index is 15.1. The van der Waals surface area contributed by atoms with E-state index in [1.54, 1.807) is 34.0 Å². The summed E-state index contributed by atoms with van der Waals surface area (Å²) in [4.78, 5) is 54.5. The number of alkyl halides is 3. The van der Waals surface area contributed by atoms with E-state index >= 15 is 4.39 Å². The van der Waals surface area contributed by atoms with Crippen molar-refractivity contribution in [2.75, 3.05) is 6.54 Å². The van der Waals surface area contributed by atoms with Crippen LogP contribution in [0, 0.1) is 12.7 Å². The summed E-state index contributed by atoms with van der Waals surface area (Å²) >= 11 is 3.38. The topological polar surface area (TPSA) is 132 Å². The third kappa shape index (κ3) is 6.58. The lowest BCUT2D eigenvalue weighted by molar-refractivity contribution is -0.141. The highest BCUT2D eigenvalue weighted by atomic mass is 79.9. The molecule has 5 aromatic rings. The smallest absolute Gasteiger partial charge is 0.348 e. The zero-order valence-corrected chi connectivity index (χ0v) is 28.3. The van der Waals surface area contributed by atoms with Crippen LogP contribution in [0.1, 0.15) is 47.0 Å². The van der Waals surface area contributed by atoms with E-state index < -0.39 is 41.1 Å². The molecule has 2 amide bonds. The Morgan fingerprint density at radius 2 is 1.80 bits per heavy atom. The molecule has 17 heteroatoms. The number of aryl methyl sites for hydroxylation is 2. The van der Waals surface area contributed by atoms with Crippen molar-refractivity contribution in [1.29, 1.82) is 0 Å². The Balaban J connectivity index is 1.35. The molecule has 12 nitrogen and oxygen atoms in total. The number of benzene rings is 1. The van der Waals surface area contributed by atoms with Crippen LogP contribution in [0.4, 0.5) is 17.6 Å². The van der Waals surface area contributed by atoms with Crippen LogP contribution in [-0.4, -0.2) is 68.5 Å². The van der Waals surface area contributed by atoms with Crippen molar-refractivity contribution >= 4 is 33.4 Å². The average molecular weight is 745 g/mol. The normalized spacial score (nSPS) is 14.3. The van der Waals surface area contributed by atoms with Crippen molar-refractivity contribution in [3.05, 3.63) is 98.2 Å². The quantitative estimate of drug-likeness (QED) is 0.237. The third-order valence-electron chi connectivity index (χ3n) is 8.34. The predicted molar refractivity (Wildman–Crippen MR) is 172 cm³/mol. The lowest BCUT2D eigenvalue weighted by atomic mass is 9.95. The Bertz CT molecular complexity index is 2160. The number of fused-ring (bicyclic) bond motifs is 2. The third-order valence-corrected chi connectivity index (χ3v) is 9.08. The molecule has 256 valence electrons. The van der Waals surface area contributed by atoms with Gasteiger partial charge in [-0.15, -0.1) is 0 Å². The van der Waals surface area contributed by atoms with E-state index in [2.05, 4.69) is 41.3 Å². The van der Waals surface area contributed by atoms with Crippen LogP contribution >= 0.6 is 15.9 Å². The van der Waals surface area contributed by atoms with Crippen molar-refractivity contribution in [2.24, 2.45) is 7.05 Å². The second-order valence-corrected chi connectivity index (χ2v) is 13.3. The molecule has 0 unspecified atom stereocenters. The monoisotopic (exact) mass is 743 g/mol. The first-order chi connectivity index (χ1) is 23.0. The molecule has 0 spiro atoms. The van der Waals surface area contributed by atoms with Crippen molar-refractivity contribution in [1.82, 2.24) is 43.9 Å². The number of nitrogens with zero attached hydrogens (tertiary/aromatic N) is 8. The van der Waals surface area contributed by atoms with E-state index in [-0.39, 0.29) is 54.0 Å². The van der Waals surface area contributed by atoms with Gasteiger partial charge in [-0.05, 0) is 51.0 Å². The van der Waals surface area contributed by atoms with Crippen molar-refractivity contribution in [3.8, 4) is 11.3 Å². The minimum absolute atomic E-state index is 0.0660. The second kappa shape index (κ2) is 12.5. The van der Waals surface area contributed by atoms with E-state index in [9.17, 15) is 27.6 Å². The van der Waals surface area contributed by atoms with Crippen LogP contribution in [0.25, 0.3) is 16.9 Å². The van der Waals surface area contributed by atoms with Gasteiger partial charge >= 0.3 is 6.18 Å². The summed E-state index contributed by atoms with van der Waals surface area (Å²) in [7, 11) is 1.57. The minimum Gasteiger partial charge on any atom is -0.348 e. The molecule has 0 bridgehead atoms. The molecule has 6 rings (SSSR count). The first kappa shape index (κ1) is 34.0. The molecular formula is C32H30BrF4N9O3. The lowest BCUT2D eigenvalue weighted by Gasteiger charge is -2.37. The highest BCUT2D eigenvalue weighted by Crippen LogP contribution is 2.33. The molecule has 1 aromatic carbocycles. The number of nitrogens with one attached hydrogen (secondary N) is 1. The Morgan fingerprint density at radius 1 is 1.08 bits per heavy atom. The van der Waals surface area contributed by atoms with Gasteiger partial charge in [0.25, 0.3) is 11.5 Å². The molecule has 49 heavy (non-hydrogen) atoms. The Morgan fingerprint density at radius 3 is 2.49 bits per heavy atom.